The number of aryl methyl sites for hydroxylation is 2. The fourth-order valence-corrected chi connectivity index (χ4v) is 4.48. The number of nitrogens with one attached hydrogen (secondary N) is 1. The van der Waals surface area contributed by atoms with Crippen molar-refractivity contribution in [2.75, 3.05) is 0 Å². The van der Waals surface area contributed by atoms with Crippen LogP contribution in [0, 0.1) is 13.8 Å². The zero-order valence-corrected chi connectivity index (χ0v) is 23.0. The number of fused-ring (bicyclic) bond motifs is 1. The van der Waals surface area contributed by atoms with Crippen LogP contribution in [0.15, 0.2) is 52.4 Å². The van der Waals surface area contributed by atoms with E-state index in [1.54, 1.807) is 64.9 Å². The largest absolute Gasteiger partial charge is 0.444 e. The lowest BCUT2D eigenvalue weighted by atomic mass is 9.96. The Bertz CT molecular complexity index is 1660. The summed E-state index contributed by atoms with van der Waals surface area (Å²) in [6.45, 7) is 10.9. The van der Waals surface area contributed by atoms with Gasteiger partial charge >= 0.3 is 6.09 Å². The second kappa shape index (κ2) is 9.89. The second-order valence-electron chi connectivity index (χ2n) is 10.6. The number of ether oxygens (including phenoxy) is 1. The minimum atomic E-state index is -0.626. The molecule has 9 nitrogen and oxygen atoms in total. The highest BCUT2D eigenvalue weighted by atomic mass is 16.6. The van der Waals surface area contributed by atoms with E-state index in [2.05, 4.69) is 15.3 Å². The van der Waals surface area contributed by atoms with Gasteiger partial charge in [0.1, 0.15) is 5.60 Å². The summed E-state index contributed by atoms with van der Waals surface area (Å²) in [5, 5.41) is 4.16. The van der Waals surface area contributed by atoms with E-state index in [-0.39, 0.29) is 11.1 Å². The number of hydrogen-bond donors (Lipinski definition) is 1. The molecule has 0 aliphatic heterocycles. The number of carbonyl (C=O) groups excluding carboxylic acids is 1. The minimum Gasteiger partial charge on any atom is -0.444 e. The molecule has 3 aromatic heterocycles. The number of alkyl carbamates (subject to hydrolysis) is 1. The monoisotopic (exact) mass is 515 g/mol. The number of rotatable bonds is 4. The van der Waals surface area contributed by atoms with Crippen molar-refractivity contribution in [3.8, 4) is 22.6 Å². The Kier molecular flexibility index (Phi) is 6.97. The van der Waals surface area contributed by atoms with E-state index >= 15 is 0 Å². The molecular weight excluding hydrogens is 482 g/mol. The number of hydrogen-bond acceptors (Lipinski definition) is 6. The number of pyridine rings is 2. The zero-order chi connectivity index (χ0) is 27.9. The molecule has 0 unspecified atom stereocenters. The summed E-state index contributed by atoms with van der Waals surface area (Å²) < 4.78 is 8.50. The smallest absolute Gasteiger partial charge is 0.408 e. The van der Waals surface area contributed by atoms with Gasteiger partial charge in [0, 0.05) is 54.8 Å². The maximum absolute atomic E-state index is 13.4. The Morgan fingerprint density at radius 3 is 2.29 bits per heavy atom. The molecule has 198 valence electrons. The third-order valence-corrected chi connectivity index (χ3v) is 6.43. The molecule has 1 aromatic carbocycles. The molecule has 0 bridgehead atoms. The van der Waals surface area contributed by atoms with E-state index in [1.165, 1.54) is 4.57 Å². The maximum atomic E-state index is 13.4. The molecule has 0 saturated heterocycles. The molecule has 3 heterocycles. The first-order chi connectivity index (χ1) is 17.8. The average Bonchev–Trinajstić information content (AvgIpc) is 2.83. The van der Waals surface area contributed by atoms with Crippen molar-refractivity contribution in [2.24, 2.45) is 14.1 Å². The van der Waals surface area contributed by atoms with Crippen LogP contribution in [0.2, 0.25) is 0 Å². The maximum Gasteiger partial charge on any atom is 0.408 e. The zero-order valence-electron chi connectivity index (χ0n) is 23.0. The molecule has 1 N–H and O–H groups in total. The van der Waals surface area contributed by atoms with E-state index < -0.39 is 17.7 Å². The molecule has 0 aliphatic rings. The van der Waals surface area contributed by atoms with Gasteiger partial charge in [-0.3, -0.25) is 9.59 Å². The van der Waals surface area contributed by atoms with Gasteiger partial charge in [0.2, 0.25) is 0 Å². The van der Waals surface area contributed by atoms with Crippen LogP contribution >= 0.6 is 0 Å². The standard InChI is InChI=1S/C29H33N5O4/c1-16-11-21(18(3)32-28(37)38-29(4,5)6)22-13-24(34(8)27(36)23(22)12-16)19-14-30-25(31-15-19)20-9-10-33(7)26(35)17(20)2/h9-15,18H,1-8H3,(H,32,37)/t18-/m1/s1. The van der Waals surface area contributed by atoms with Crippen LogP contribution in [0.4, 0.5) is 4.79 Å². The van der Waals surface area contributed by atoms with Crippen molar-refractivity contribution in [3.63, 3.8) is 0 Å². The number of carbonyl (C=O) groups is 1. The highest BCUT2D eigenvalue weighted by Gasteiger charge is 2.21. The predicted molar refractivity (Wildman–Crippen MR) is 148 cm³/mol. The lowest BCUT2D eigenvalue weighted by molar-refractivity contribution is 0.0508. The van der Waals surface area contributed by atoms with Crippen molar-refractivity contribution in [1.29, 1.82) is 0 Å². The highest BCUT2D eigenvalue weighted by molar-refractivity contribution is 5.89. The third-order valence-electron chi connectivity index (χ3n) is 6.43. The van der Waals surface area contributed by atoms with Crippen LogP contribution in [-0.4, -0.2) is 30.8 Å². The van der Waals surface area contributed by atoms with Crippen molar-refractivity contribution in [2.45, 2.75) is 53.2 Å². The number of nitrogens with zero attached hydrogens (tertiary/aromatic N) is 4. The molecule has 1 amide bonds. The topological polar surface area (TPSA) is 108 Å². The Morgan fingerprint density at radius 1 is 1.00 bits per heavy atom. The predicted octanol–water partition coefficient (Wildman–Crippen LogP) is 4.56. The highest BCUT2D eigenvalue weighted by Crippen LogP contribution is 2.29. The van der Waals surface area contributed by atoms with E-state index in [4.69, 9.17) is 4.74 Å². The van der Waals surface area contributed by atoms with Gasteiger partial charge < -0.3 is 19.2 Å². The first-order valence-corrected chi connectivity index (χ1v) is 12.4. The molecule has 0 radical (unpaired) electrons. The molecule has 4 aromatic rings. The van der Waals surface area contributed by atoms with Crippen LogP contribution in [0.1, 0.15) is 50.4 Å². The minimum absolute atomic E-state index is 0.107. The molecule has 9 heteroatoms. The van der Waals surface area contributed by atoms with Gasteiger partial charge in [-0.15, -0.1) is 0 Å². The average molecular weight is 516 g/mol. The normalized spacial score (nSPS) is 12.4. The fourth-order valence-electron chi connectivity index (χ4n) is 4.48. The van der Waals surface area contributed by atoms with Crippen molar-refractivity contribution >= 4 is 16.9 Å². The molecule has 0 aliphatic carbocycles. The third kappa shape index (κ3) is 5.22. The molecule has 38 heavy (non-hydrogen) atoms. The van der Waals surface area contributed by atoms with E-state index in [0.717, 1.165) is 16.5 Å². The Balaban J connectivity index is 1.79. The summed E-state index contributed by atoms with van der Waals surface area (Å²) in [5.74, 6) is 0.432. The van der Waals surface area contributed by atoms with Crippen LogP contribution in [-0.2, 0) is 18.8 Å². The van der Waals surface area contributed by atoms with Gasteiger partial charge in [-0.2, -0.15) is 0 Å². The fraction of sp³-hybridized carbons (Fsp3) is 0.345. The first kappa shape index (κ1) is 26.8. The summed E-state index contributed by atoms with van der Waals surface area (Å²) in [6, 6.07) is 7.13. The Hall–Kier alpha value is -4.27. The number of amides is 1. The van der Waals surface area contributed by atoms with Gasteiger partial charge in [-0.25, -0.2) is 14.8 Å². The Labute approximate surface area is 221 Å². The van der Waals surface area contributed by atoms with Gasteiger partial charge in [0.25, 0.3) is 11.1 Å². The van der Waals surface area contributed by atoms with Crippen LogP contribution < -0.4 is 16.4 Å². The molecular formula is C29H33N5O4. The van der Waals surface area contributed by atoms with Crippen LogP contribution in [0.5, 0.6) is 0 Å². The van der Waals surface area contributed by atoms with Crippen molar-refractivity contribution < 1.29 is 9.53 Å². The van der Waals surface area contributed by atoms with Gasteiger partial charge in [-0.05, 0) is 76.3 Å². The van der Waals surface area contributed by atoms with Crippen LogP contribution in [0.25, 0.3) is 33.4 Å². The van der Waals surface area contributed by atoms with E-state index in [1.807, 2.05) is 38.1 Å². The van der Waals surface area contributed by atoms with Gasteiger partial charge in [-0.1, -0.05) is 6.07 Å². The molecule has 0 fully saturated rings. The number of benzene rings is 1. The summed E-state index contributed by atoms with van der Waals surface area (Å²) in [5.41, 5.74) is 3.31. The quantitative estimate of drug-likeness (QED) is 0.427. The van der Waals surface area contributed by atoms with Crippen molar-refractivity contribution in [1.82, 2.24) is 24.4 Å². The summed E-state index contributed by atoms with van der Waals surface area (Å²) in [6.07, 6.45) is 4.45. The summed E-state index contributed by atoms with van der Waals surface area (Å²) in [7, 11) is 3.41. The number of aromatic nitrogens is 4. The SMILES string of the molecule is Cc1cc([C@@H](C)NC(=O)OC(C)(C)C)c2cc(-c3cnc(-c4ccn(C)c(=O)c4C)nc3)n(C)c(=O)c2c1. The molecule has 1 atom stereocenters. The first-order valence-electron chi connectivity index (χ1n) is 12.4. The molecule has 0 spiro atoms. The Morgan fingerprint density at radius 2 is 1.66 bits per heavy atom. The van der Waals surface area contributed by atoms with Gasteiger partial charge in [0.05, 0.1) is 11.7 Å². The van der Waals surface area contributed by atoms with E-state index in [9.17, 15) is 14.4 Å². The summed E-state index contributed by atoms with van der Waals surface area (Å²) >= 11 is 0. The lowest BCUT2D eigenvalue weighted by Crippen LogP contribution is -2.34. The lowest BCUT2D eigenvalue weighted by Gasteiger charge is -2.23. The summed E-state index contributed by atoms with van der Waals surface area (Å²) in [4.78, 5) is 47.2. The second-order valence-corrected chi connectivity index (χ2v) is 10.6. The van der Waals surface area contributed by atoms with E-state index in [0.29, 0.717) is 33.6 Å². The van der Waals surface area contributed by atoms with Crippen LogP contribution in [0.3, 0.4) is 0 Å². The molecule has 4 rings (SSSR count). The van der Waals surface area contributed by atoms with Crippen molar-refractivity contribution in [3.05, 3.63) is 80.3 Å². The molecule has 0 saturated carbocycles. The van der Waals surface area contributed by atoms with Gasteiger partial charge in [0.15, 0.2) is 5.82 Å².